The molecule has 0 spiro atoms. The molecular formula is C8H16O2. The van der Waals surface area contributed by atoms with Crippen LogP contribution in [-0.4, -0.2) is 18.0 Å². The second kappa shape index (κ2) is 6.78. The molecule has 1 atom stereocenters. The van der Waals surface area contributed by atoms with Gasteiger partial charge in [0.2, 0.25) is 0 Å². The highest BCUT2D eigenvalue weighted by Gasteiger charge is 1.98. The molecule has 0 amide bonds. The van der Waals surface area contributed by atoms with Crippen molar-refractivity contribution in [1.29, 1.82) is 0 Å². The first-order chi connectivity index (χ1) is 4.81. The Morgan fingerprint density at radius 2 is 2.40 bits per heavy atom. The average molecular weight is 144 g/mol. The lowest BCUT2D eigenvalue weighted by Crippen LogP contribution is -2.11. The van der Waals surface area contributed by atoms with Crippen molar-refractivity contribution >= 4 is 0 Å². The fourth-order valence-corrected chi connectivity index (χ4v) is 0.574. The van der Waals surface area contributed by atoms with E-state index in [1.165, 1.54) is 0 Å². The van der Waals surface area contributed by atoms with Gasteiger partial charge < -0.3 is 9.84 Å². The molecule has 0 aromatic carbocycles. The predicted octanol–water partition coefficient (Wildman–Crippen LogP) is 1.70. The largest absolute Gasteiger partial charge is 0.368 e. The maximum absolute atomic E-state index is 8.98. The lowest BCUT2D eigenvalue weighted by Gasteiger charge is -2.07. The SMILES string of the molecule is C=CCC(O)OCCCC. The van der Waals surface area contributed by atoms with Gasteiger partial charge in [-0.05, 0) is 6.42 Å². The van der Waals surface area contributed by atoms with Crippen LogP contribution in [-0.2, 0) is 4.74 Å². The first-order valence-electron chi connectivity index (χ1n) is 3.71. The summed E-state index contributed by atoms with van der Waals surface area (Å²) in [5.74, 6) is 0. The summed E-state index contributed by atoms with van der Waals surface area (Å²) in [7, 11) is 0. The Balaban J connectivity index is 3.04. The van der Waals surface area contributed by atoms with E-state index in [0.29, 0.717) is 13.0 Å². The van der Waals surface area contributed by atoms with Crippen molar-refractivity contribution in [2.24, 2.45) is 0 Å². The number of hydrogen-bond acceptors (Lipinski definition) is 2. The van der Waals surface area contributed by atoms with Crippen molar-refractivity contribution in [1.82, 2.24) is 0 Å². The van der Waals surface area contributed by atoms with Gasteiger partial charge in [-0.15, -0.1) is 6.58 Å². The van der Waals surface area contributed by atoms with Gasteiger partial charge in [-0.1, -0.05) is 19.4 Å². The molecule has 0 aliphatic heterocycles. The first kappa shape index (κ1) is 9.66. The van der Waals surface area contributed by atoms with Crippen LogP contribution in [0.3, 0.4) is 0 Å². The van der Waals surface area contributed by atoms with Crippen LogP contribution in [0.2, 0.25) is 0 Å². The van der Waals surface area contributed by atoms with Gasteiger partial charge in [0.15, 0.2) is 6.29 Å². The third-order valence-corrected chi connectivity index (χ3v) is 1.18. The van der Waals surface area contributed by atoms with E-state index in [1.54, 1.807) is 6.08 Å². The van der Waals surface area contributed by atoms with Gasteiger partial charge in [0, 0.05) is 13.0 Å². The highest BCUT2D eigenvalue weighted by Crippen LogP contribution is 1.96. The van der Waals surface area contributed by atoms with E-state index < -0.39 is 6.29 Å². The third-order valence-electron chi connectivity index (χ3n) is 1.18. The molecule has 0 bridgehead atoms. The van der Waals surface area contributed by atoms with Crippen molar-refractivity contribution < 1.29 is 9.84 Å². The molecule has 0 aromatic rings. The summed E-state index contributed by atoms with van der Waals surface area (Å²) >= 11 is 0. The van der Waals surface area contributed by atoms with Crippen molar-refractivity contribution in [3.63, 3.8) is 0 Å². The summed E-state index contributed by atoms with van der Waals surface area (Å²) in [6.07, 6.45) is 3.62. The standard InChI is InChI=1S/C8H16O2/c1-3-5-7-10-8(9)6-4-2/h4,8-9H,2-3,5-7H2,1H3. The lowest BCUT2D eigenvalue weighted by molar-refractivity contribution is -0.0963. The number of aliphatic hydroxyl groups is 1. The maximum Gasteiger partial charge on any atom is 0.157 e. The van der Waals surface area contributed by atoms with Gasteiger partial charge in [0.1, 0.15) is 0 Å². The molecule has 1 N–H and O–H groups in total. The van der Waals surface area contributed by atoms with Crippen molar-refractivity contribution in [2.75, 3.05) is 6.61 Å². The quantitative estimate of drug-likeness (QED) is 0.349. The van der Waals surface area contributed by atoms with E-state index >= 15 is 0 Å². The van der Waals surface area contributed by atoms with E-state index in [-0.39, 0.29) is 0 Å². The predicted molar refractivity (Wildman–Crippen MR) is 41.7 cm³/mol. The van der Waals surface area contributed by atoms with Gasteiger partial charge in [0.05, 0.1) is 0 Å². The minimum atomic E-state index is -0.649. The van der Waals surface area contributed by atoms with Crippen molar-refractivity contribution in [3.8, 4) is 0 Å². The molecule has 0 saturated carbocycles. The second-order valence-electron chi connectivity index (χ2n) is 2.20. The zero-order valence-electron chi connectivity index (χ0n) is 6.55. The number of hydrogen-bond donors (Lipinski definition) is 1. The van der Waals surface area contributed by atoms with Crippen LogP contribution in [0, 0.1) is 0 Å². The minimum Gasteiger partial charge on any atom is -0.368 e. The molecule has 0 rings (SSSR count). The average Bonchev–Trinajstić information content (AvgIpc) is 1.89. The van der Waals surface area contributed by atoms with Crippen molar-refractivity contribution in [3.05, 3.63) is 12.7 Å². The lowest BCUT2D eigenvalue weighted by atomic mass is 10.3. The van der Waals surface area contributed by atoms with Gasteiger partial charge >= 0.3 is 0 Å². The molecular weight excluding hydrogens is 128 g/mol. The van der Waals surface area contributed by atoms with E-state index in [4.69, 9.17) is 9.84 Å². The van der Waals surface area contributed by atoms with E-state index in [1.807, 2.05) is 0 Å². The number of rotatable bonds is 6. The topological polar surface area (TPSA) is 29.5 Å². The molecule has 10 heavy (non-hydrogen) atoms. The van der Waals surface area contributed by atoms with Crippen LogP contribution in [0.15, 0.2) is 12.7 Å². The van der Waals surface area contributed by atoms with Crippen LogP contribution in [0.25, 0.3) is 0 Å². The molecule has 1 unspecified atom stereocenters. The summed E-state index contributed by atoms with van der Waals surface area (Å²) in [5.41, 5.74) is 0. The molecule has 0 aliphatic rings. The summed E-state index contributed by atoms with van der Waals surface area (Å²) in [6, 6.07) is 0. The molecule has 2 heteroatoms. The number of ether oxygens (including phenoxy) is 1. The Labute approximate surface area is 62.5 Å². The highest BCUT2D eigenvalue weighted by atomic mass is 16.6. The fraction of sp³-hybridized carbons (Fsp3) is 0.750. The van der Waals surface area contributed by atoms with Crippen LogP contribution in [0.1, 0.15) is 26.2 Å². The Bertz CT molecular complexity index is 81.3. The Hall–Kier alpha value is -0.340. The second-order valence-corrected chi connectivity index (χ2v) is 2.20. The van der Waals surface area contributed by atoms with Gasteiger partial charge in [-0.25, -0.2) is 0 Å². The molecule has 0 aromatic heterocycles. The zero-order valence-corrected chi connectivity index (χ0v) is 6.55. The highest BCUT2D eigenvalue weighted by molar-refractivity contribution is 4.67. The number of unbranched alkanes of at least 4 members (excludes halogenated alkanes) is 1. The summed E-state index contributed by atoms with van der Waals surface area (Å²) in [6.45, 7) is 6.22. The first-order valence-corrected chi connectivity index (χ1v) is 3.71. The van der Waals surface area contributed by atoms with Crippen LogP contribution in [0.4, 0.5) is 0 Å². The molecule has 0 aliphatic carbocycles. The number of aliphatic hydroxyl groups excluding tert-OH is 1. The smallest absolute Gasteiger partial charge is 0.157 e. The molecule has 0 radical (unpaired) electrons. The van der Waals surface area contributed by atoms with E-state index in [2.05, 4.69) is 13.5 Å². The summed E-state index contributed by atoms with van der Waals surface area (Å²) in [5, 5.41) is 8.98. The molecule has 0 saturated heterocycles. The van der Waals surface area contributed by atoms with Gasteiger partial charge in [-0.2, -0.15) is 0 Å². The van der Waals surface area contributed by atoms with E-state index in [9.17, 15) is 0 Å². The van der Waals surface area contributed by atoms with Crippen LogP contribution >= 0.6 is 0 Å². The Morgan fingerprint density at radius 3 is 2.90 bits per heavy atom. The molecule has 0 fully saturated rings. The Morgan fingerprint density at radius 1 is 1.70 bits per heavy atom. The molecule has 2 nitrogen and oxygen atoms in total. The van der Waals surface area contributed by atoms with Gasteiger partial charge in [0.25, 0.3) is 0 Å². The fourth-order valence-electron chi connectivity index (χ4n) is 0.574. The van der Waals surface area contributed by atoms with Gasteiger partial charge in [-0.3, -0.25) is 0 Å². The van der Waals surface area contributed by atoms with E-state index in [0.717, 1.165) is 12.8 Å². The normalized spacial score (nSPS) is 13.0. The summed E-state index contributed by atoms with van der Waals surface area (Å²) in [4.78, 5) is 0. The maximum atomic E-state index is 8.98. The monoisotopic (exact) mass is 144 g/mol. The Kier molecular flexibility index (Phi) is 6.55. The molecule has 60 valence electrons. The molecule has 0 heterocycles. The van der Waals surface area contributed by atoms with Crippen LogP contribution < -0.4 is 0 Å². The summed E-state index contributed by atoms with van der Waals surface area (Å²) < 4.78 is 5.01. The third kappa shape index (κ3) is 5.79. The zero-order chi connectivity index (χ0) is 7.82. The minimum absolute atomic E-state index is 0.518. The van der Waals surface area contributed by atoms with Crippen LogP contribution in [0.5, 0.6) is 0 Å². The van der Waals surface area contributed by atoms with Crippen molar-refractivity contribution in [2.45, 2.75) is 32.5 Å².